The van der Waals surface area contributed by atoms with Crippen LogP contribution in [-0.2, 0) is 6.42 Å². The summed E-state index contributed by atoms with van der Waals surface area (Å²) in [4.78, 5) is 0. The summed E-state index contributed by atoms with van der Waals surface area (Å²) in [7, 11) is 0. The van der Waals surface area contributed by atoms with E-state index in [-0.39, 0.29) is 5.41 Å². The first kappa shape index (κ1) is 17.1. The van der Waals surface area contributed by atoms with Crippen LogP contribution in [0.1, 0.15) is 52.0 Å². The molecule has 1 aromatic carbocycles. The highest BCUT2D eigenvalue weighted by atomic mass is 35.5. The standard InChI is InChI=1S/C18H27Cl2N/c1-17(2,3)14-6-8-18(12-21,9-7-14)11-13-4-5-15(19)10-16(13)20/h4-5,10,14H,6-9,11-12,21H2,1-3H3. The summed E-state index contributed by atoms with van der Waals surface area (Å²) in [5.74, 6) is 0.804. The van der Waals surface area contributed by atoms with Crippen molar-refractivity contribution >= 4 is 23.2 Å². The maximum absolute atomic E-state index is 6.34. The molecule has 0 aliphatic heterocycles. The van der Waals surface area contributed by atoms with E-state index in [9.17, 15) is 0 Å². The largest absolute Gasteiger partial charge is 0.330 e. The zero-order valence-electron chi connectivity index (χ0n) is 13.4. The second-order valence-electron chi connectivity index (χ2n) is 7.76. The van der Waals surface area contributed by atoms with Crippen LogP contribution in [0, 0.1) is 16.7 Å². The molecule has 0 bridgehead atoms. The smallest absolute Gasteiger partial charge is 0.0453 e. The minimum Gasteiger partial charge on any atom is -0.330 e. The van der Waals surface area contributed by atoms with E-state index in [1.54, 1.807) is 0 Å². The fraction of sp³-hybridized carbons (Fsp3) is 0.667. The van der Waals surface area contributed by atoms with Crippen molar-refractivity contribution in [2.45, 2.75) is 52.9 Å². The molecule has 0 spiro atoms. The molecule has 118 valence electrons. The van der Waals surface area contributed by atoms with Crippen LogP contribution in [-0.4, -0.2) is 6.54 Å². The van der Waals surface area contributed by atoms with Crippen LogP contribution in [0.15, 0.2) is 18.2 Å². The van der Waals surface area contributed by atoms with Crippen LogP contribution < -0.4 is 5.73 Å². The topological polar surface area (TPSA) is 26.0 Å². The van der Waals surface area contributed by atoms with Crippen molar-refractivity contribution in [3.63, 3.8) is 0 Å². The Morgan fingerprint density at radius 3 is 2.29 bits per heavy atom. The molecule has 0 saturated heterocycles. The second-order valence-corrected chi connectivity index (χ2v) is 8.60. The van der Waals surface area contributed by atoms with Gasteiger partial charge in [-0.3, -0.25) is 0 Å². The Kier molecular flexibility index (Phi) is 5.28. The number of nitrogens with two attached hydrogens (primary N) is 1. The van der Waals surface area contributed by atoms with Gasteiger partial charge in [-0.25, -0.2) is 0 Å². The van der Waals surface area contributed by atoms with Gasteiger partial charge in [0.2, 0.25) is 0 Å². The fourth-order valence-electron chi connectivity index (χ4n) is 3.62. The highest BCUT2D eigenvalue weighted by Gasteiger charge is 2.38. The first-order valence-electron chi connectivity index (χ1n) is 7.90. The molecule has 0 atom stereocenters. The summed E-state index contributed by atoms with van der Waals surface area (Å²) in [6, 6.07) is 5.81. The zero-order valence-corrected chi connectivity index (χ0v) is 14.9. The lowest BCUT2D eigenvalue weighted by molar-refractivity contribution is 0.0926. The molecule has 0 amide bonds. The Hall–Kier alpha value is -0.240. The van der Waals surface area contributed by atoms with Crippen molar-refractivity contribution in [3.8, 4) is 0 Å². The Morgan fingerprint density at radius 1 is 1.19 bits per heavy atom. The predicted octanol–water partition coefficient (Wildman–Crippen LogP) is 5.72. The summed E-state index contributed by atoms with van der Waals surface area (Å²) in [6.45, 7) is 7.79. The molecule has 1 aromatic rings. The fourth-order valence-corrected chi connectivity index (χ4v) is 4.09. The van der Waals surface area contributed by atoms with E-state index in [0.29, 0.717) is 10.4 Å². The van der Waals surface area contributed by atoms with Gasteiger partial charge in [0.05, 0.1) is 0 Å². The molecular formula is C18H27Cl2N. The van der Waals surface area contributed by atoms with Gasteiger partial charge >= 0.3 is 0 Å². The average Bonchev–Trinajstić information content (AvgIpc) is 2.41. The van der Waals surface area contributed by atoms with E-state index < -0.39 is 0 Å². The SMILES string of the molecule is CC(C)(C)C1CCC(CN)(Cc2ccc(Cl)cc2Cl)CC1. The third-order valence-corrected chi connectivity index (χ3v) is 5.87. The van der Waals surface area contributed by atoms with Gasteiger partial charge in [0.15, 0.2) is 0 Å². The molecule has 0 radical (unpaired) electrons. The molecule has 1 aliphatic rings. The normalized spacial score (nSPS) is 26.9. The molecule has 1 nitrogen and oxygen atoms in total. The first-order valence-corrected chi connectivity index (χ1v) is 8.65. The van der Waals surface area contributed by atoms with Crippen molar-refractivity contribution in [1.29, 1.82) is 0 Å². The summed E-state index contributed by atoms with van der Waals surface area (Å²) in [5, 5.41) is 1.47. The lowest BCUT2D eigenvalue weighted by Gasteiger charge is -2.44. The van der Waals surface area contributed by atoms with Gasteiger partial charge < -0.3 is 5.73 Å². The predicted molar refractivity (Wildman–Crippen MR) is 93.1 cm³/mol. The van der Waals surface area contributed by atoms with Crippen LogP contribution in [0.5, 0.6) is 0 Å². The van der Waals surface area contributed by atoms with Gasteiger partial charge in [-0.2, -0.15) is 0 Å². The highest BCUT2D eigenvalue weighted by molar-refractivity contribution is 6.35. The van der Waals surface area contributed by atoms with Crippen LogP contribution in [0.3, 0.4) is 0 Å². The third-order valence-electron chi connectivity index (χ3n) is 5.28. The molecule has 0 heterocycles. The van der Waals surface area contributed by atoms with Gasteiger partial charge in [-0.15, -0.1) is 0 Å². The van der Waals surface area contributed by atoms with E-state index >= 15 is 0 Å². The van der Waals surface area contributed by atoms with E-state index in [4.69, 9.17) is 28.9 Å². The van der Waals surface area contributed by atoms with Gasteiger partial charge in [-0.05, 0) is 73.1 Å². The highest BCUT2D eigenvalue weighted by Crippen LogP contribution is 2.47. The second kappa shape index (κ2) is 6.48. The molecule has 1 fully saturated rings. The summed E-state index contributed by atoms with van der Waals surface area (Å²) < 4.78 is 0. The average molecular weight is 328 g/mol. The molecule has 1 aliphatic carbocycles. The van der Waals surface area contributed by atoms with Gasteiger partial charge in [0.25, 0.3) is 0 Å². The lowest BCUT2D eigenvalue weighted by Crippen LogP contribution is -2.39. The minimum absolute atomic E-state index is 0.208. The zero-order chi connectivity index (χ0) is 15.7. The molecule has 3 heteroatoms. The number of hydrogen-bond donors (Lipinski definition) is 1. The summed E-state index contributed by atoms with van der Waals surface area (Å²) >= 11 is 12.3. The number of benzene rings is 1. The maximum Gasteiger partial charge on any atom is 0.0453 e. The maximum atomic E-state index is 6.34. The van der Waals surface area contributed by atoms with Crippen LogP contribution >= 0.6 is 23.2 Å². The molecule has 1 saturated carbocycles. The van der Waals surface area contributed by atoms with E-state index in [2.05, 4.69) is 26.8 Å². The summed E-state index contributed by atoms with van der Waals surface area (Å²) in [5.41, 5.74) is 7.94. The quantitative estimate of drug-likeness (QED) is 0.755. The van der Waals surface area contributed by atoms with E-state index in [1.807, 2.05) is 12.1 Å². The Morgan fingerprint density at radius 2 is 1.81 bits per heavy atom. The molecular weight excluding hydrogens is 301 g/mol. The molecule has 21 heavy (non-hydrogen) atoms. The number of halogens is 2. The summed E-state index contributed by atoms with van der Waals surface area (Å²) in [6.07, 6.45) is 5.91. The van der Waals surface area contributed by atoms with Crippen molar-refractivity contribution in [2.24, 2.45) is 22.5 Å². The van der Waals surface area contributed by atoms with E-state index in [1.165, 1.54) is 31.2 Å². The Labute approximate surface area is 139 Å². The monoisotopic (exact) mass is 327 g/mol. The van der Waals surface area contributed by atoms with Crippen molar-refractivity contribution in [2.75, 3.05) is 6.54 Å². The van der Waals surface area contributed by atoms with Gasteiger partial charge in [0, 0.05) is 10.0 Å². The van der Waals surface area contributed by atoms with Crippen LogP contribution in [0.2, 0.25) is 10.0 Å². The third kappa shape index (κ3) is 4.15. The van der Waals surface area contributed by atoms with Gasteiger partial charge in [0.1, 0.15) is 0 Å². The van der Waals surface area contributed by atoms with Crippen molar-refractivity contribution in [1.82, 2.24) is 0 Å². The number of rotatable bonds is 3. The van der Waals surface area contributed by atoms with E-state index in [0.717, 1.165) is 23.9 Å². The Bertz CT molecular complexity index is 482. The van der Waals surface area contributed by atoms with Crippen LogP contribution in [0.4, 0.5) is 0 Å². The van der Waals surface area contributed by atoms with Crippen molar-refractivity contribution < 1.29 is 0 Å². The van der Waals surface area contributed by atoms with Gasteiger partial charge in [-0.1, -0.05) is 50.0 Å². The van der Waals surface area contributed by atoms with Crippen LogP contribution in [0.25, 0.3) is 0 Å². The minimum atomic E-state index is 0.208. The first-order chi connectivity index (χ1) is 9.76. The molecule has 2 rings (SSSR count). The van der Waals surface area contributed by atoms with Crippen molar-refractivity contribution in [3.05, 3.63) is 33.8 Å². The number of hydrogen-bond acceptors (Lipinski definition) is 1. The molecule has 0 aromatic heterocycles. The lowest BCUT2D eigenvalue weighted by atomic mass is 9.62. The Balaban J connectivity index is 2.10. The molecule has 2 N–H and O–H groups in total. The molecule has 0 unspecified atom stereocenters.